The summed E-state index contributed by atoms with van der Waals surface area (Å²) in [5, 5.41) is 12.0. The third-order valence-electron chi connectivity index (χ3n) is 1.54. The highest BCUT2D eigenvalue weighted by Gasteiger charge is 1.97. The van der Waals surface area contributed by atoms with Crippen LogP contribution in [0.3, 0.4) is 0 Å². The predicted molar refractivity (Wildman–Crippen MR) is 47.7 cm³/mol. The Bertz CT molecular complexity index is 86.2. The Hall–Kier alpha value is -0.120. The van der Waals surface area contributed by atoms with Crippen molar-refractivity contribution < 1.29 is 5.11 Å². The Morgan fingerprint density at radius 1 is 1.45 bits per heavy atom. The Kier molecular flexibility index (Phi) is 6.51. The van der Waals surface area contributed by atoms with E-state index in [4.69, 9.17) is 5.11 Å². The summed E-state index contributed by atoms with van der Waals surface area (Å²) in [6, 6.07) is 0. The number of rotatable bonds is 6. The molecule has 0 bridgehead atoms. The van der Waals surface area contributed by atoms with Gasteiger partial charge >= 0.3 is 0 Å². The van der Waals surface area contributed by atoms with Crippen LogP contribution in [-0.2, 0) is 0 Å². The topological polar surface area (TPSA) is 35.5 Å². The van der Waals surface area contributed by atoms with E-state index in [0.29, 0.717) is 5.92 Å². The molecule has 0 amide bonds. The zero-order valence-electron chi connectivity index (χ0n) is 7.80. The highest BCUT2D eigenvalue weighted by Crippen LogP contribution is 1.87. The molecule has 1 unspecified atom stereocenters. The van der Waals surface area contributed by atoms with Crippen LogP contribution in [0.1, 0.15) is 6.92 Å². The molecule has 3 heteroatoms. The minimum absolute atomic E-state index is 0.273. The summed E-state index contributed by atoms with van der Waals surface area (Å²) >= 11 is 0. The van der Waals surface area contributed by atoms with Crippen molar-refractivity contribution in [3.05, 3.63) is 0 Å². The van der Waals surface area contributed by atoms with Crippen LogP contribution in [0.2, 0.25) is 0 Å². The van der Waals surface area contributed by atoms with E-state index in [-0.39, 0.29) is 6.61 Å². The summed E-state index contributed by atoms with van der Waals surface area (Å²) in [5.74, 6) is 0.372. The average Bonchev–Trinajstić information content (AvgIpc) is 1.97. The van der Waals surface area contributed by atoms with Gasteiger partial charge in [-0.3, -0.25) is 0 Å². The fourth-order valence-corrected chi connectivity index (χ4v) is 0.716. The van der Waals surface area contributed by atoms with Crippen molar-refractivity contribution in [2.75, 3.05) is 40.3 Å². The van der Waals surface area contributed by atoms with Gasteiger partial charge in [-0.15, -0.1) is 0 Å². The molecule has 0 heterocycles. The fraction of sp³-hybridized carbons (Fsp3) is 1.00. The van der Waals surface area contributed by atoms with Gasteiger partial charge in [-0.05, 0) is 26.6 Å². The second-order valence-corrected chi connectivity index (χ2v) is 3.30. The van der Waals surface area contributed by atoms with E-state index in [2.05, 4.69) is 24.3 Å². The molecule has 68 valence electrons. The first-order valence-electron chi connectivity index (χ1n) is 4.13. The van der Waals surface area contributed by atoms with Crippen LogP contribution in [0, 0.1) is 5.92 Å². The van der Waals surface area contributed by atoms with Crippen molar-refractivity contribution in [3.63, 3.8) is 0 Å². The van der Waals surface area contributed by atoms with Crippen molar-refractivity contribution in [1.82, 2.24) is 10.2 Å². The lowest BCUT2D eigenvalue weighted by Gasteiger charge is -2.12. The SMILES string of the molecule is CC(CO)CNCCN(C)C. The zero-order valence-corrected chi connectivity index (χ0v) is 7.80. The first kappa shape index (κ1) is 10.9. The van der Waals surface area contributed by atoms with Crippen LogP contribution in [0.4, 0.5) is 0 Å². The van der Waals surface area contributed by atoms with Crippen molar-refractivity contribution in [2.45, 2.75) is 6.92 Å². The summed E-state index contributed by atoms with van der Waals surface area (Å²) < 4.78 is 0. The van der Waals surface area contributed by atoms with Crippen LogP contribution in [0.5, 0.6) is 0 Å². The lowest BCUT2D eigenvalue weighted by atomic mass is 10.2. The van der Waals surface area contributed by atoms with Crippen LogP contribution >= 0.6 is 0 Å². The monoisotopic (exact) mass is 160 g/mol. The Labute approximate surface area is 69.4 Å². The molecule has 0 aliphatic rings. The highest BCUT2D eigenvalue weighted by atomic mass is 16.3. The van der Waals surface area contributed by atoms with Gasteiger partial charge in [0.1, 0.15) is 0 Å². The molecular weight excluding hydrogens is 140 g/mol. The summed E-state index contributed by atoms with van der Waals surface area (Å²) in [5.41, 5.74) is 0. The molecule has 1 atom stereocenters. The van der Waals surface area contributed by atoms with Gasteiger partial charge < -0.3 is 15.3 Å². The van der Waals surface area contributed by atoms with E-state index in [1.807, 2.05) is 6.92 Å². The largest absolute Gasteiger partial charge is 0.396 e. The molecule has 0 aromatic rings. The number of hydrogen-bond donors (Lipinski definition) is 2. The van der Waals surface area contributed by atoms with Gasteiger partial charge in [-0.2, -0.15) is 0 Å². The van der Waals surface area contributed by atoms with Crippen LogP contribution in [-0.4, -0.2) is 50.3 Å². The van der Waals surface area contributed by atoms with Crippen molar-refractivity contribution >= 4 is 0 Å². The van der Waals surface area contributed by atoms with E-state index >= 15 is 0 Å². The summed E-state index contributed by atoms with van der Waals surface area (Å²) in [6.45, 7) is 5.26. The predicted octanol–water partition coefficient (Wildman–Crippen LogP) is -0.234. The quantitative estimate of drug-likeness (QED) is 0.527. The average molecular weight is 160 g/mol. The second kappa shape index (κ2) is 6.58. The smallest absolute Gasteiger partial charge is 0.0468 e. The third kappa shape index (κ3) is 7.78. The fourth-order valence-electron chi connectivity index (χ4n) is 0.716. The molecule has 0 aromatic heterocycles. The van der Waals surface area contributed by atoms with Gasteiger partial charge in [0, 0.05) is 19.7 Å². The van der Waals surface area contributed by atoms with Gasteiger partial charge in [-0.1, -0.05) is 6.92 Å². The van der Waals surface area contributed by atoms with Gasteiger partial charge in [0.05, 0.1) is 0 Å². The second-order valence-electron chi connectivity index (χ2n) is 3.30. The van der Waals surface area contributed by atoms with Crippen LogP contribution in [0.15, 0.2) is 0 Å². The Morgan fingerprint density at radius 3 is 2.55 bits per heavy atom. The number of hydrogen-bond acceptors (Lipinski definition) is 3. The van der Waals surface area contributed by atoms with Crippen LogP contribution < -0.4 is 5.32 Å². The molecule has 0 saturated heterocycles. The minimum Gasteiger partial charge on any atom is -0.396 e. The third-order valence-corrected chi connectivity index (χ3v) is 1.54. The van der Waals surface area contributed by atoms with Gasteiger partial charge in [0.2, 0.25) is 0 Å². The Balaban J connectivity index is 3.01. The molecule has 0 saturated carbocycles. The number of aliphatic hydroxyl groups excluding tert-OH is 1. The molecule has 0 aromatic carbocycles. The molecular formula is C8H20N2O. The minimum atomic E-state index is 0.273. The molecule has 0 aliphatic carbocycles. The van der Waals surface area contributed by atoms with E-state index < -0.39 is 0 Å². The van der Waals surface area contributed by atoms with Gasteiger partial charge in [0.15, 0.2) is 0 Å². The highest BCUT2D eigenvalue weighted by molar-refractivity contribution is 4.55. The maximum Gasteiger partial charge on any atom is 0.0468 e. The van der Waals surface area contributed by atoms with Crippen molar-refractivity contribution in [3.8, 4) is 0 Å². The van der Waals surface area contributed by atoms with E-state index in [1.54, 1.807) is 0 Å². The first-order chi connectivity index (χ1) is 5.16. The molecule has 0 rings (SSSR count). The molecule has 11 heavy (non-hydrogen) atoms. The maximum absolute atomic E-state index is 8.69. The standard InChI is InChI=1S/C8H20N2O/c1-8(7-11)6-9-4-5-10(2)3/h8-9,11H,4-7H2,1-3H3. The lowest BCUT2D eigenvalue weighted by molar-refractivity contribution is 0.232. The molecule has 0 radical (unpaired) electrons. The molecule has 0 fully saturated rings. The van der Waals surface area contributed by atoms with E-state index in [0.717, 1.165) is 19.6 Å². The number of likely N-dealkylation sites (N-methyl/N-ethyl adjacent to an activating group) is 1. The van der Waals surface area contributed by atoms with Gasteiger partial charge in [0.25, 0.3) is 0 Å². The summed E-state index contributed by atoms with van der Waals surface area (Å²) in [4.78, 5) is 2.14. The molecule has 0 spiro atoms. The summed E-state index contributed by atoms with van der Waals surface area (Å²) in [6.07, 6.45) is 0. The Morgan fingerprint density at radius 2 is 2.09 bits per heavy atom. The molecule has 2 N–H and O–H groups in total. The lowest BCUT2D eigenvalue weighted by Crippen LogP contribution is -2.30. The number of aliphatic hydroxyl groups is 1. The van der Waals surface area contributed by atoms with Crippen molar-refractivity contribution in [2.24, 2.45) is 5.92 Å². The maximum atomic E-state index is 8.69. The first-order valence-corrected chi connectivity index (χ1v) is 4.13. The van der Waals surface area contributed by atoms with Crippen LogP contribution in [0.25, 0.3) is 0 Å². The zero-order chi connectivity index (χ0) is 8.69. The van der Waals surface area contributed by atoms with E-state index in [1.165, 1.54) is 0 Å². The summed E-state index contributed by atoms with van der Waals surface area (Å²) in [7, 11) is 4.11. The molecule has 0 aliphatic heterocycles. The van der Waals surface area contributed by atoms with Crippen molar-refractivity contribution in [1.29, 1.82) is 0 Å². The number of nitrogens with one attached hydrogen (secondary N) is 1. The molecule has 3 nitrogen and oxygen atoms in total. The normalized spacial score (nSPS) is 13.9. The van der Waals surface area contributed by atoms with Gasteiger partial charge in [-0.25, -0.2) is 0 Å². The van der Waals surface area contributed by atoms with E-state index in [9.17, 15) is 0 Å². The number of nitrogens with zero attached hydrogens (tertiary/aromatic N) is 1.